The van der Waals surface area contributed by atoms with Crippen LogP contribution in [0.5, 0.6) is 0 Å². The third-order valence-electron chi connectivity index (χ3n) is 6.09. The van der Waals surface area contributed by atoms with Gasteiger partial charge >= 0.3 is 17.8 Å². The zero-order valence-electron chi connectivity index (χ0n) is 19.7. The molecule has 0 saturated heterocycles. The number of carbonyl (C=O) groups excluding carboxylic acids is 1. The number of carbonyl (C=O) groups is 1. The van der Waals surface area contributed by atoms with Gasteiger partial charge in [0.05, 0.1) is 13.7 Å². The molecule has 1 aromatic carbocycles. The number of rotatable bonds is 5. The van der Waals surface area contributed by atoms with E-state index < -0.39 is 29.6 Å². The number of halogens is 4. The molecule has 5 rings (SSSR count). The number of hydrogen-bond acceptors (Lipinski definition) is 6. The fourth-order valence-electron chi connectivity index (χ4n) is 4.26. The maximum absolute atomic E-state index is 13.3. The van der Waals surface area contributed by atoms with Gasteiger partial charge in [-0.3, -0.25) is 4.98 Å². The molecule has 1 unspecified atom stereocenters. The van der Waals surface area contributed by atoms with Gasteiger partial charge in [0.2, 0.25) is 0 Å². The Bertz CT molecular complexity index is 1640. The fraction of sp³-hybridized carbons (Fsp3) is 0.154. The van der Waals surface area contributed by atoms with E-state index in [1.54, 1.807) is 48.9 Å². The highest BCUT2D eigenvalue weighted by Crippen LogP contribution is 2.35. The second-order valence-corrected chi connectivity index (χ2v) is 8.84. The number of methoxy groups -OCH3 is 1. The topological polar surface area (TPSA) is 90.5 Å². The summed E-state index contributed by atoms with van der Waals surface area (Å²) in [5.41, 5.74) is 1.88. The number of dihydropyridines is 1. The van der Waals surface area contributed by atoms with Gasteiger partial charge in [-0.25, -0.2) is 18.7 Å². The average molecular weight is 542 g/mol. The molecule has 0 spiro atoms. The number of allylic oxidation sites excluding steroid dienone is 3. The summed E-state index contributed by atoms with van der Waals surface area (Å²) < 4.78 is 46.9. The lowest BCUT2D eigenvalue weighted by molar-refractivity contribution is -0.142. The van der Waals surface area contributed by atoms with Gasteiger partial charge < -0.3 is 10.1 Å². The van der Waals surface area contributed by atoms with Crippen molar-refractivity contribution in [2.45, 2.75) is 18.8 Å². The highest BCUT2D eigenvalue weighted by atomic mass is 35.5. The number of esters is 1. The van der Waals surface area contributed by atoms with Crippen LogP contribution in [0.3, 0.4) is 0 Å². The molecule has 0 saturated carbocycles. The number of benzene rings is 1. The molecule has 0 amide bonds. The number of hydrogen-bond donors (Lipinski definition) is 1. The summed E-state index contributed by atoms with van der Waals surface area (Å²) in [4.78, 5) is 29.7. The van der Waals surface area contributed by atoms with Crippen LogP contribution in [0.4, 0.5) is 13.2 Å². The van der Waals surface area contributed by atoms with E-state index in [2.05, 4.69) is 15.4 Å². The smallest absolute Gasteiger partial charge is 0.430 e. The molecule has 38 heavy (non-hydrogen) atoms. The summed E-state index contributed by atoms with van der Waals surface area (Å²) in [5.74, 6) is -0.926. The summed E-state index contributed by atoms with van der Waals surface area (Å²) in [6, 6.07) is 11.1. The standard InChI is InChI=1S/C26H19ClF3N5O3/c1-38-24(36)22-17(4-7-20(32-22)26(28,29)30)14-35-25(37)34-13-10-19(15-2-5-18(27)6-3-15)21(23(34)33-35)16-8-11-31-12-9-16/h2-13,22,32H,14H2,1H3. The summed E-state index contributed by atoms with van der Waals surface area (Å²) in [7, 11) is 1.07. The van der Waals surface area contributed by atoms with Gasteiger partial charge in [-0.1, -0.05) is 29.8 Å². The van der Waals surface area contributed by atoms with E-state index in [0.717, 1.165) is 40.6 Å². The van der Waals surface area contributed by atoms with E-state index in [9.17, 15) is 22.8 Å². The van der Waals surface area contributed by atoms with Crippen molar-refractivity contribution in [3.63, 3.8) is 0 Å². The molecule has 1 aliphatic rings. The van der Waals surface area contributed by atoms with Gasteiger partial charge in [-0.05, 0) is 58.7 Å². The highest BCUT2D eigenvalue weighted by molar-refractivity contribution is 6.30. The molecule has 194 valence electrons. The van der Waals surface area contributed by atoms with Crippen LogP contribution in [-0.2, 0) is 16.1 Å². The average Bonchev–Trinajstić information content (AvgIpc) is 3.23. The number of alkyl halides is 3. The predicted octanol–water partition coefficient (Wildman–Crippen LogP) is 4.40. The molecular formula is C26H19ClF3N5O3. The minimum Gasteiger partial charge on any atom is -0.467 e. The van der Waals surface area contributed by atoms with Gasteiger partial charge in [0, 0.05) is 29.2 Å². The second kappa shape index (κ2) is 9.82. The van der Waals surface area contributed by atoms with Crippen LogP contribution in [0.25, 0.3) is 27.9 Å². The van der Waals surface area contributed by atoms with Gasteiger partial charge in [-0.15, -0.1) is 5.10 Å². The molecular weight excluding hydrogens is 523 g/mol. The number of nitrogens with one attached hydrogen (secondary N) is 1. The van der Waals surface area contributed by atoms with Crippen LogP contribution in [0, 0.1) is 0 Å². The van der Waals surface area contributed by atoms with Crippen molar-refractivity contribution in [1.82, 2.24) is 24.5 Å². The van der Waals surface area contributed by atoms with Crippen molar-refractivity contribution < 1.29 is 22.7 Å². The Morgan fingerprint density at radius 1 is 1.08 bits per heavy atom. The van der Waals surface area contributed by atoms with Crippen molar-refractivity contribution in [3.8, 4) is 22.3 Å². The van der Waals surface area contributed by atoms with Crippen LogP contribution >= 0.6 is 11.6 Å². The van der Waals surface area contributed by atoms with Crippen molar-refractivity contribution in [2.24, 2.45) is 0 Å². The molecule has 8 nitrogen and oxygen atoms in total. The van der Waals surface area contributed by atoms with Crippen molar-refractivity contribution in [1.29, 1.82) is 0 Å². The van der Waals surface area contributed by atoms with Gasteiger partial charge in [0.15, 0.2) is 5.65 Å². The first-order valence-corrected chi connectivity index (χ1v) is 11.7. The van der Waals surface area contributed by atoms with Gasteiger partial charge in [-0.2, -0.15) is 13.2 Å². The SMILES string of the molecule is COC(=O)C1NC(C(F)(F)F)=CC=C1Cn1nc2c(-c3ccncc3)c(-c3ccc(Cl)cc3)ccn2c1=O. The summed E-state index contributed by atoms with van der Waals surface area (Å²) in [5, 5.41) is 7.26. The molecule has 0 radical (unpaired) electrons. The molecule has 0 aliphatic carbocycles. The summed E-state index contributed by atoms with van der Waals surface area (Å²) in [6.45, 7) is -0.249. The summed E-state index contributed by atoms with van der Waals surface area (Å²) >= 11 is 6.07. The van der Waals surface area contributed by atoms with E-state index in [1.165, 1.54) is 4.40 Å². The number of aromatic nitrogens is 4. The molecule has 12 heteroatoms. The summed E-state index contributed by atoms with van der Waals surface area (Å²) in [6.07, 6.45) is 2.08. The van der Waals surface area contributed by atoms with E-state index in [1.807, 2.05) is 12.1 Å². The largest absolute Gasteiger partial charge is 0.467 e. The van der Waals surface area contributed by atoms with Crippen molar-refractivity contribution >= 4 is 23.2 Å². The van der Waals surface area contributed by atoms with Gasteiger partial charge in [0.25, 0.3) is 0 Å². The van der Waals surface area contributed by atoms with E-state index in [4.69, 9.17) is 16.3 Å². The Morgan fingerprint density at radius 3 is 2.45 bits per heavy atom. The number of pyridine rings is 2. The first-order valence-electron chi connectivity index (χ1n) is 11.3. The Labute approximate surface area is 218 Å². The van der Waals surface area contributed by atoms with Crippen LogP contribution in [0.15, 0.2) is 89.3 Å². The van der Waals surface area contributed by atoms with E-state index in [-0.39, 0.29) is 12.1 Å². The quantitative estimate of drug-likeness (QED) is 0.377. The van der Waals surface area contributed by atoms with Crippen LogP contribution in [-0.4, -0.2) is 44.5 Å². The van der Waals surface area contributed by atoms with Crippen molar-refractivity contribution in [2.75, 3.05) is 7.11 Å². The monoisotopic (exact) mass is 541 g/mol. The minimum absolute atomic E-state index is 0.179. The van der Waals surface area contributed by atoms with Crippen LogP contribution in [0.2, 0.25) is 5.02 Å². The predicted molar refractivity (Wildman–Crippen MR) is 134 cm³/mol. The molecule has 0 fully saturated rings. The normalized spacial score (nSPS) is 15.6. The first kappa shape index (κ1) is 25.3. The lowest BCUT2D eigenvalue weighted by Crippen LogP contribution is -2.45. The van der Waals surface area contributed by atoms with Gasteiger partial charge in [0.1, 0.15) is 11.7 Å². The second-order valence-electron chi connectivity index (χ2n) is 8.40. The lowest BCUT2D eigenvalue weighted by atomic mass is 9.96. The third kappa shape index (κ3) is 4.68. The maximum Gasteiger partial charge on any atom is 0.430 e. The Hall–Kier alpha value is -4.38. The van der Waals surface area contributed by atoms with Crippen molar-refractivity contribution in [3.05, 3.63) is 100.0 Å². The fourth-order valence-corrected chi connectivity index (χ4v) is 4.38. The number of fused-ring (bicyclic) bond motifs is 1. The molecule has 3 aromatic heterocycles. The van der Waals surface area contributed by atoms with E-state index in [0.29, 0.717) is 16.2 Å². The molecule has 1 N–H and O–H groups in total. The molecule has 1 atom stereocenters. The Balaban J connectivity index is 1.65. The zero-order chi connectivity index (χ0) is 27.0. The van der Waals surface area contributed by atoms with Crippen LogP contribution in [0.1, 0.15) is 0 Å². The highest BCUT2D eigenvalue weighted by Gasteiger charge is 2.39. The first-order chi connectivity index (χ1) is 18.2. The Kier molecular flexibility index (Phi) is 6.53. The molecule has 4 heterocycles. The number of nitrogens with zero attached hydrogens (tertiary/aromatic N) is 4. The lowest BCUT2D eigenvalue weighted by Gasteiger charge is -2.26. The molecule has 1 aliphatic heterocycles. The van der Waals surface area contributed by atoms with E-state index >= 15 is 0 Å². The molecule has 0 bridgehead atoms. The zero-order valence-corrected chi connectivity index (χ0v) is 20.5. The minimum atomic E-state index is -4.69. The number of ether oxygens (including phenoxy) is 1. The maximum atomic E-state index is 13.3. The third-order valence-corrected chi connectivity index (χ3v) is 6.34. The van der Waals surface area contributed by atoms with Crippen LogP contribution < -0.4 is 11.0 Å². The molecule has 4 aromatic rings. The Morgan fingerprint density at radius 2 is 1.79 bits per heavy atom.